The lowest BCUT2D eigenvalue weighted by Crippen LogP contribution is -2.44. The van der Waals surface area contributed by atoms with Gasteiger partial charge in [0.15, 0.2) is 0 Å². The Bertz CT molecular complexity index is 316. The summed E-state index contributed by atoms with van der Waals surface area (Å²) < 4.78 is 0. The quantitative estimate of drug-likeness (QED) is 0.785. The maximum absolute atomic E-state index is 11.7. The molecule has 1 fully saturated rings. The number of hydrogen-bond donors (Lipinski definition) is 2. The molecule has 0 heterocycles. The van der Waals surface area contributed by atoms with E-state index in [2.05, 4.69) is 26.1 Å². The van der Waals surface area contributed by atoms with Crippen LogP contribution in [0.3, 0.4) is 0 Å². The minimum atomic E-state index is -0.809. The Kier molecular flexibility index (Phi) is 3.69. The number of amides is 2. The molecule has 0 aliphatic heterocycles. The molecule has 2 amide bonds. The maximum atomic E-state index is 11.7. The third-order valence-corrected chi connectivity index (χ3v) is 2.94. The van der Waals surface area contributed by atoms with Crippen LogP contribution in [0.2, 0.25) is 0 Å². The molecule has 0 unspecified atom stereocenters. The molecule has 0 spiro atoms. The molecular weight excluding hydrogens is 220 g/mol. The normalized spacial score (nSPS) is 17.4. The number of nitrogens with one attached hydrogen (secondary N) is 1. The van der Waals surface area contributed by atoms with E-state index in [1.165, 1.54) is 0 Å². The molecule has 1 rings (SSSR count). The van der Waals surface area contributed by atoms with Crippen molar-refractivity contribution in [3.05, 3.63) is 0 Å². The summed E-state index contributed by atoms with van der Waals surface area (Å²) in [4.78, 5) is 24.3. The van der Waals surface area contributed by atoms with Crippen molar-refractivity contribution in [2.24, 2.45) is 10.8 Å². The molecule has 2 N–H and O–H groups in total. The molecule has 0 radical (unpaired) electrons. The highest BCUT2D eigenvalue weighted by molar-refractivity contribution is 5.80. The van der Waals surface area contributed by atoms with Gasteiger partial charge in [0, 0.05) is 20.1 Å². The summed E-state index contributed by atoms with van der Waals surface area (Å²) in [6.45, 7) is 7.03. The van der Waals surface area contributed by atoms with Crippen LogP contribution >= 0.6 is 0 Å². The van der Waals surface area contributed by atoms with Crippen LogP contribution in [-0.4, -0.2) is 42.1 Å². The van der Waals surface area contributed by atoms with Crippen molar-refractivity contribution in [2.75, 3.05) is 20.1 Å². The van der Waals surface area contributed by atoms with Crippen molar-refractivity contribution in [1.82, 2.24) is 10.2 Å². The van der Waals surface area contributed by atoms with E-state index in [0.29, 0.717) is 19.4 Å². The first-order valence-electron chi connectivity index (χ1n) is 5.89. The Morgan fingerprint density at radius 2 is 1.88 bits per heavy atom. The Hall–Kier alpha value is -1.26. The minimum absolute atomic E-state index is 0.0379. The molecular formula is C12H22N2O3. The molecule has 0 atom stereocenters. The van der Waals surface area contributed by atoms with Crippen molar-refractivity contribution in [2.45, 2.75) is 33.6 Å². The number of carbonyl (C=O) groups is 2. The van der Waals surface area contributed by atoms with E-state index in [1.807, 2.05) is 0 Å². The van der Waals surface area contributed by atoms with Gasteiger partial charge in [-0.15, -0.1) is 0 Å². The fourth-order valence-corrected chi connectivity index (χ4v) is 1.78. The Morgan fingerprint density at radius 1 is 1.35 bits per heavy atom. The number of rotatable bonds is 4. The fraction of sp³-hybridized carbons (Fsp3) is 0.833. The van der Waals surface area contributed by atoms with Gasteiger partial charge in [-0.3, -0.25) is 4.79 Å². The standard InChI is InChI=1S/C12H22N2O3/c1-11(2,3)8-14(4)10(17)13-7-12(5-6-12)9(15)16/h5-8H2,1-4H3,(H,13,17)(H,15,16). The number of carboxylic acid groups (broad SMARTS) is 1. The maximum Gasteiger partial charge on any atom is 0.317 e. The topological polar surface area (TPSA) is 69.6 Å². The number of urea groups is 1. The summed E-state index contributed by atoms with van der Waals surface area (Å²) >= 11 is 0. The first-order valence-corrected chi connectivity index (χ1v) is 5.89. The number of hydrogen-bond acceptors (Lipinski definition) is 2. The zero-order valence-corrected chi connectivity index (χ0v) is 11.0. The molecule has 0 saturated heterocycles. The monoisotopic (exact) mass is 242 g/mol. The summed E-state index contributed by atoms with van der Waals surface area (Å²) in [5.74, 6) is -0.809. The van der Waals surface area contributed by atoms with Gasteiger partial charge < -0.3 is 15.3 Å². The lowest BCUT2D eigenvalue weighted by atomic mass is 9.96. The number of nitrogens with zero attached hydrogens (tertiary/aromatic N) is 1. The van der Waals surface area contributed by atoms with Crippen molar-refractivity contribution in [3.8, 4) is 0 Å². The van der Waals surface area contributed by atoms with E-state index in [0.717, 1.165) is 0 Å². The van der Waals surface area contributed by atoms with E-state index in [9.17, 15) is 9.59 Å². The van der Waals surface area contributed by atoms with Crippen molar-refractivity contribution >= 4 is 12.0 Å². The van der Waals surface area contributed by atoms with Gasteiger partial charge in [0.25, 0.3) is 0 Å². The summed E-state index contributed by atoms with van der Waals surface area (Å²) in [5, 5.41) is 11.7. The molecule has 1 aliphatic rings. The molecule has 5 nitrogen and oxygen atoms in total. The molecule has 5 heteroatoms. The van der Waals surface area contributed by atoms with Crippen molar-refractivity contribution in [1.29, 1.82) is 0 Å². The molecule has 0 bridgehead atoms. The largest absolute Gasteiger partial charge is 0.481 e. The number of carbonyl (C=O) groups excluding carboxylic acids is 1. The Labute approximate surface area is 102 Å². The first-order chi connectivity index (χ1) is 7.66. The predicted molar refractivity (Wildman–Crippen MR) is 64.8 cm³/mol. The van der Waals surface area contributed by atoms with Crippen LogP contribution in [-0.2, 0) is 4.79 Å². The zero-order valence-electron chi connectivity index (χ0n) is 11.0. The molecule has 0 aromatic carbocycles. The second-order valence-electron chi connectivity index (χ2n) is 6.16. The van der Waals surface area contributed by atoms with Crippen LogP contribution in [0.1, 0.15) is 33.6 Å². The Morgan fingerprint density at radius 3 is 2.24 bits per heavy atom. The van der Waals surface area contributed by atoms with Crippen LogP contribution in [0.25, 0.3) is 0 Å². The van der Waals surface area contributed by atoms with Crippen LogP contribution in [0.5, 0.6) is 0 Å². The highest BCUT2D eigenvalue weighted by Gasteiger charge is 2.50. The summed E-state index contributed by atoms with van der Waals surface area (Å²) in [6, 6.07) is -0.201. The highest BCUT2D eigenvalue weighted by Crippen LogP contribution is 2.45. The highest BCUT2D eigenvalue weighted by atomic mass is 16.4. The van der Waals surface area contributed by atoms with Gasteiger partial charge in [0.05, 0.1) is 5.41 Å². The first kappa shape index (κ1) is 13.8. The van der Waals surface area contributed by atoms with Gasteiger partial charge in [-0.2, -0.15) is 0 Å². The number of aliphatic carboxylic acids is 1. The van der Waals surface area contributed by atoms with E-state index in [4.69, 9.17) is 5.11 Å². The van der Waals surface area contributed by atoms with Gasteiger partial charge in [-0.05, 0) is 18.3 Å². The number of carboxylic acids is 1. The Balaban J connectivity index is 2.37. The molecule has 0 aromatic heterocycles. The van der Waals surface area contributed by atoms with Crippen molar-refractivity contribution in [3.63, 3.8) is 0 Å². The minimum Gasteiger partial charge on any atom is -0.481 e. The van der Waals surface area contributed by atoms with E-state index >= 15 is 0 Å². The fourth-order valence-electron chi connectivity index (χ4n) is 1.78. The van der Waals surface area contributed by atoms with Gasteiger partial charge >= 0.3 is 12.0 Å². The van der Waals surface area contributed by atoms with E-state index in [-0.39, 0.29) is 18.0 Å². The third kappa shape index (κ3) is 3.91. The molecule has 1 saturated carbocycles. The summed E-state index contributed by atoms with van der Waals surface area (Å²) in [6.07, 6.45) is 1.32. The average Bonchev–Trinajstić information content (AvgIpc) is 2.92. The van der Waals surface area contributed by atoms with Crippen LogP contribution in [0.4, 0.5) is 4.79 Å². The van der Waals surface area contributed by atoms with Crippen molar-refractivity contribution < 1.29 is 14.7 Å². The van der Waals surface area contributed by atoms with Gasteiger partial charge in [-0.1, -0.05) is 20.8 Å². The van der Waals surface area contributed by atoms with Gasteiger partial charge in [0.2, 0.25) is 0 Å². The smallest absolute Gasteiger partial charge is 0.317 e. The second kappa shape index (κ2) is 4.55. The third-order valence-electron chi connectivity index (χ3n) is 2.94. The molecule has 1 aliphatic carbocycles. The van der Waals surface area contributed by atoms with E-state index < -0.39 is 11.4 Å². The molecule has 0 aromatic rings. The molecule has 17 heavy (non-hydrogen) atoms. The lowest BCUT2D eigenvalue weighted by molar-refractivity contribution is -0.143. The van der Waals surface area contributed by atoms with E-state index in [1.54, 1.807) is 11.9 Å². The summed E-state index contributed by atoms with van der Waals surface area (Å²) in [5.41, 5.74) is -0.658. The lowest BCUT2D eigenvalue weighted by Gasteiger charge is -2.27. The SMILES string of the molecule is CN(CC(C)(C)C)C(=O)NCC1(C(=O)O)CC1. The average molecular weight is 242 g/mol. The van der Waals surface area contributed by atoms with Crippen LogP contribution in [0.15, 0.2) is 0 Å². The summed E-state index contributed by atoms with van der Waals surface area (Å²) in [7, 11) is 1.72. The predicted octanol–water partition coefficient (Wildman–Crippen LogP) is 1.54. The van der Waals surface area contributed by atoms with Gasteiger partial charge in [0.1, 0.15) is 0 Å². The molecule has 98 valence electrons. The van der Waals surface area contributed by atoms with Gasteiger partial charge in [-0.25, -0.2) is 4.79 Å². The van der Waals surface area contributed by atoms with Crippen LogP contribution < -0.4 is 5.32 Å². The zero-order chi connectivity index (χ0) is 13.3. The van der Waals surface area contributed by atoms with Crippen LogP contribution in [0, 0.1) is 10.8 Å². The second-order valence-corrected chi connectivity index (χ2v) is 6.16.